The summed E-state index contributed by atoms with van der Waals surface area (Å²) in [7, 11) is 1.56. The highest BCUT2D eigenvalue weighted by molar-refractivity contribution is 5.97. The Balaban J connectivity index is 2.27. The van der Waals surface area contributed by atoms with Crippen LogP contribution in [0.5, 0.6) is 5.75 Å². The minimum Gasteiger partial charge on any atom is -0.496 e. The Hall–Kier alpha value is -1.55. The molecule has 104 valence electrons. The molecule has 0 aromatic heterocycles. The van der Waals surface area contributed by atoms with Crippen LogP contribution in [0.1, 0.15) is 30.1 Å². The largest absolute Gasteiger partial charge is 0.496 e. The minimum absolute atomic E-state index is 0.0159. The average molecular weight is 263 g/mol. The summed E-state index contributed by atoms with van der Waals surface area (Å²) in [5, 5.41) is 9.53. The molecule has 1 fully saturated rings. The predicted octanol–water partition coefficient (Wildman–Crippen LogP) is 1.93. The van der Waals surface area contributed by atoms with Crippen molar-refractivity contribution in [1.82, 2.24) is 4.90 Å². The fourth-order valence-electron chi connectivity index (χ4n) is 2.76. The maximum Gasteiger partial charge on any atom is 0.257 e. The molecular formula is C15H21NO3. The number of para-hydroxylation sites is 1. The number of methoxy groups -OCH3 is 1. The van der Waals surface area contributed by atoms with Crippen LogP contribution in [-0.4, -0.2) is 42.2 Å². The van der Waals surface area contributed by atoms with E-state index in [1.165, 1.54) is 0 Å². The molecule has 2 rings (SSSR count). The van der Waals surface area contributed by atoms with Crippen LogP contribution in [0.25, 0.3) is 0 Å². The molecule has 0 radical (unpaired) electrons. The van der Waals surface area contributed by atoms with E-state index in [0.717, 1.165) is 12.8 Å². The summed E-state index contributed by atoms with van der Waals surface area (Å²) in [5.41, 5.74) is 0.567. The van der Waals surface area contributed by atoms with Crippen molar-refractivity contribution in [2.24, 2.45) is 5.92 Å². The van der Waals surface area contributed by atoms with Crippen molar-refractivity contribution in [2.45, 2.75) is 25.8 Å². The first kappa shape index (κ1) is 13.9. The van der Waals surface area contributed by atoms with Crippen molar-refractivity contribution in [2.75, 3.05) is 20.3 Å². The molecule has 1 aromatic carbocycles. The summed E-state index contributed by atoms with van der Waals surface area (Å²) in [6.07, 6.45) is 2.04. The van der Waals surface area contributed by atoms with Gasteiger partial charge in [-0.2, -0.15) is 0 Å². The van der Waals surface area contributed by atoms with E-state index in [9.17, 15) is 9.90 Å². The summed E-state index contributed by atoms with van der Waals surface area (Å²) < 4.78 is 5.24. The normalized spacial score (nSPS) is 23.2. The van der Waals surface area contributed by atoms with Gasteiger partial charge in [0.05, 0.1) is 25.3 Å². The molecule has 1 aromatic rings. The van der Waals surface area contributed by atoms with Crippen LogP contribution < -0.4 is 4.74 Å². The molecule has 4 heteroatoms. The van der Waals surface area contributed by atoms with Crippen LogP contribution in [0.3, 0.4) is 0 Å². The third-order valence-electron chi connectivity index (χ3n) is 3.90. The van der Waals surface area contributed by atoms with Crippen LogP contribution in [0.15, 0.2) is 24.3 Å². The summed E-state index contributed by atoms with van der Waals surface area (Å²) in [6, 6.07) is 7.14. The van der Waals surface area contributed by atoms with Crippen LogP contribution in [0.2, 0.25) is 0 Å². The molecule has 0 aliphatic carbocycles. The highest BCUT2D eigenvalue weighted by Gasteiger charge is 2.32. The molecule has 4 nitrogen and oxygen atoms in total. The molecule has 1 aliphatic heterocycles. The summed E-state index contributed by atoms with van der Waals surface area (Å²) in [6.45, 7) is 2.80. The Morgan fingerprint density at radius 2 is 2.21 bits per heavy atom. The number of rotatable bonds is 3. The Bertz CT molecular complexity index is 447. The molecule has 1 aliphatic rings. The van der Waals surface area contributed by atoms with Crippen molar-refractivity contribution in [3.8, 4) is 5.75 Å². The second-order valence-electron chi connectivity index (χ2n) is 5.07. The van der Waals surface area contributed by atoms with E-state index in [4.69, 9.17) is 4.74 Å². The molecule has 0 saturated carbocycles. The monoisotopic (exact) mass is 263 g/mol. The number of piperidine rings is 1. The first-order valence-corrected chi connectivity index (χ1v) is 6.74. The van der Waals surface area contributed by atoms with Gasteiger partial charge in [-0.25, -0.2) is 0 Å². The number of aliphatic hydroxyl groups is 1. The lowest BCUT2D eigenvalue weighted by molar-refractivity contribution is 0.0356. The van der Waals surface area contributed by atoms with Crippen LogP contribution in [0.4, 0.5) is 0 Å². The van der Waals surface area contributed by atoms with E-state index < -0.39 is 0 Å². The van der Waals surface area contributed by atoms with Crippen molar-refractivity contribution in [3.63, 3.8) is 0 Å². The SMILES string of the molecule is COc1ccccc1C(=O)N1CCCC(C)C1CO. The van der Waals surface area contributed by atoms with E-state index in [2.05, 4.69) is 6.92 Å². The van der Waals surface area contributed by atoms with Gasteiger partial charge in [-0.3, -0.25) is 4.79 Å². The fourth-order valence-corrected chi connectivity index (χ4v) is 2.76. The molecule has 0 spiro atoms. The Morgan fingerprint density at radius 1 is 1.47 bits per heavy atom. The van der Waals surface area contributed by atoms with Crippen molar-refractivity contribution >= 4 is 5.91 Å². The maximum atomic E-state index is 12.6. The van der Waals surface area contributed by atoms with Crippen LogP contribution in [-0.2, 0) is 0 Å². The summed E-state index contributed by atoms with van der Waals surface area (Å²) >= 11 is 0. The Labute approximate surface area is 114 Å². The van der Waals surface area contributed by atoms with E-state index in [1.807, 2.05) is 12.1 Å². The number of likely N-dealkylation sites (tertiary alicyclic amines) is 1. The third kappa shape index (κ3) is 2.73. The van der Waals surface area contributed by atoms with Crippen molar-refractivity contribution in [1.29, 1.82) is 0 Å². The standard InChI is InChI=1S/C15H21NO3/c1-11-6-5-9-16(13(11)10-17)15(18)12-7-3-4-8-14(12)19-2/h3-4,7-8,11,13,17H,5-6,9-10H2,1-2H3. The third-order valence-corrected chi connectivity index (χ3v) is 3.90. The van der Waals surface area contributed by atoms with Gasteiger partial charge in [0.1, 0.15) is 5.75 Å². The molecule has 2 atom stereocenters. The fraction of sp³-hybridized carbons (Fsp3) is 0.533. The molecular weight excluding hydrogens is 242 g/mol. The number of carbonyl (C=O) groups excluding carboxylic acids is 1. The van der Waals surface area contributed by atoms with Crippen molar-refractivity contribution in [3.05, 3.63) is 29.8 Å². The summed E-state index contributed by atoms with van der Waals surface area (Å²) in [5.74, 6) is 0.864. The molecule has 1 heterocycles. The van der Waals surface area contributed by atoms with E-state index in [0.29, 0.717) is 23.8 Å². The average Bonchev–Trinajstić information content (AvgIpc) is 2.46. The molecule has 1 saturated heterocycles. The zero-order valence-electron chi connectivity index (χ0n) is 11.5. The number of hydrogen-bond donors (Lipinski definition) is 1. The Morgan fingerprint density at radius 3 is 2.89 bits per heavy atom. The summed E-state index contributed by atoms with van der Waals surface area (Å²) in [4.78, 5) is 14.4. The number of nitrogens with zero attached hydrogens (tertiary/aromatic N) is 1. The number of amides is 1. The van der Waals surface area contributed by atoms with Gasteiger partial charge in [-0.1, -0.05) is 19.1 Å². The van der Waals surface area contributed by atoms with E-state index >= 15 is 0 Å². The number of benzene rings is 1. The molecule has 0 bridgehead atoms. The van der Waals surface area contributed by atoms with Gasteiger partial charge in [-0.15, -0.1) is 0 Å². The zero-order valence-corrected chi connectivity index (χ0v) is 11.5. The van der Waals surface area contributed by atoms with Gasteiger partial charge in [0.2, 0.25) is 0 Å². The number of aliphatic hydroxyl groups excluding tert-OH is 1. The second kappa shape index (κ2) is 6.06. The predicted molar refractivity (Wildman–Crippen MR) is 73.3 cm³/mol. The smallest absolute Gasteiger partial charge is 0.257 e. The van der Waals surface area contributed by atoms with Gasteiger partial charge >= 0.3 is 0 Å². The molecule has 19 heavy (non-hydrogen) atoms. The van der Waals surface area contributed by atoms with E-state index in [-0.39, 0.29) is 18.6 Å². The minimum atomic E-state index is -0.0915. The molecule has 2 unspecified atom stereocenters. The number of carbonyl (C=O) groups is 1. The van der Waals surface area contributed by atoms with Gasteiger partial charge in [0, 0.05) is 6.54 Å². The van der Waals surface area contributed by atoms with Gasteiger partial charge in [0.25, 0.3) is 5.91 Å². The lowest BCUT2D eigenvalue weighted by Crippen LogP contribution is -2.49. The number of hydrogen-bond acceptors (Lipinski definition) is 3. The highest BCUT2D eigenvalue weighted by Crippen LogP contribution is 2.27. The van der Waals surface area contributed by atoms with Crippen molar-refractivity contribution < 1.29 is 14.6 Å². The Kier molecular flexibility index (Phi) is 4.43. The van der Waals surface area contributed by atoms with Crippen LogP contribution in [0, 0.1) is 5.92 Å². The molecule has 1 N–H and O–H groups in total. The van der Waals surface area contributed by atoms with Crippen LogP contribution >= 0.6 is 0 Å². The highest BCUT2D eigenvalue weighted by atomic mass is 16.5. The topological polar surface area (TPSA) is 49.8 Å². The first-order chi connectivity index (χ1) is 9.19. The van der Waals surface area contributed by atoms with Gasteiger partial charge < -0.3 is 14.7 Å². The first-order valence-electron chi connectivity index (χ1n) is 6.74. The zero-order chi connectivity index (χ0) is 13.8. The van der Waals surface area contributed by atoms with E-state index in [1.54, 1.807) is 24.1 Å². The van der Waals surface area contributed by atoms with Gasteiger partial charge in [0.15, 0.2) is 0 Å². The maximum absolute atomic E-state index is 12.6. The lowest BCUT2D eigenvalue weighted by Gasteiger charge is -2.39. The number of ether oxygens (including phenoxy) is 1. The molecule has 1 amide bonds. The quantitative estimate of drug-likeness (QED) is 0.906. The lowest BCUT2D eigenvalue weighted by atomic mass is 9.90. The second-order valence-corrected chi connectivity index (χ2v) is 5.07. The van der Waals surface area contributed by atoms with Gasteiger partial charge in [-0.05, 0) is 30.9 Å².